The molecule has 37 heavy (non-hydrogen) atoms. The fourth-order valence-electron chi connectivity index (χ4n) is 5.63. The average Bonchev–Trinajstić information content (AvgIpc) is 3.68. The van der Waals surface area contributed by atoms with E-state index >= 15 is 0 Å². The molecule has 5 aromatic heterocycles. The Morgan fingerprint density at radius 1 is 0.865 bits per heavy atom. The molecular formula is C28H31N9. The molecule has 188 valence electrons. The molecule has 1 fully saturated rings. The van der Waals surface area contributed by atoms with Crippen LogP contribution in [0.4, 0.5) is 0 Å². The summed E-state index contributed by atoms with van der Waals surface area (Å²) in [7, 11) is 2.15. The van der Waals surface area contributed by atoms with Crippen LogP contribution in [0.3, 0.4) is 0 Å². The number of hydrogen-bond acceptors (Lipinski definition) is 6. The quantitative estimate of drug-likeness (QED) is 0.359. The summed E-state index contributed by atoms with van der Waals surface area (Å²) in [5.74, 6) is 0. The molecule has 0 unspecified atom stereocenters. The van der Waals surface area contributed by atoms with Gasteiger partial charge in [-0.2, -0.15) is 0 Å². The van der Waals surface area contributed by atoms with E-state index in [1.165, 1.54) is 49.0 Å². The van der Waals surface area contributed by atoms with Gasteiger partial charge in [0.15, 0.2) is 0 Å². The van der Waals surface area contributed by atoms with Crippen LogP contribution in [-0.4, -0.2) is 63.9 Å². The lowest BCUT2D eigenvalue weighted by atomic mass is 10.1. The molecular weight excluding hydrogens is 462 g/mol. The van der Waals surface area contributed by atoms with E-state index in [0.717, 1.165) is 47.9 Å². The Labute approximate surface area is 216 Å². The SMILES string of the molecule is CN1Cc2cn(-c3cncc(-c4cn(Cc5cn6cc(CN7CCCCC7)ccc6n5)nn4)c3)cc2C1. The van der Waals surface area contributed by atoms with Crippen molar-refractivity contribution in [2.45, 2.75) is 45.4 Å². The van der Waals surface area contributed by atoms with Crippen molar-refractivity contribution in [3.8, 4) is 16.9 Å². The fourth-order valence-corrected chi connectivity index (χ4v) is 5.63. The third kappa shape index (κ3) is 4.56. The minimum absolute atomic E-state index is 0.571. The van der Waals surface area contributed by atoms with Gasteiger partial charge in [0, 0.05) is 56.2 Å². The largest absolute Gasteiger partial charge is 0.322 e. The summed E-state index contributed by atoms with van der Waals surface area (Å²) in [6, 6.07) is 6.43. The van der Waals surface area contributed by atoms with Crippen molar-refractivity contribution >= 4 is 5.65 Å². The van der Waals surface area contributed by atoms with Crippen LogP contribution < -0.4 is 0 Å². The zero-order chi connectivity index (χ0) is 24.8. The number of rotatable bonds is 6. The first-order valence-corrected chi connectivity index (χ1v) is 13.1. The van der Waals surface area contributed by atoms with Gasteiger partial charge in [0.1, 0.15) is 11.3 Å². The van der Waals surface area contributed by atoms with E-state index in [9.17, 15) is 0 Å². The van der Waals surface area contributed by atoms with Crippen molar-refractivity contribution in [3.05, 3.63) is 84.0 Å². The normalized spacial score (nSPS) is 16.6. The summed E-state index contributed by atoms with van der Waals surface area (Å²) in [5, 5.41) is 8.80. The van der Waals surface area contributed by atoms with Crippen molar-refractivity contribution in [1.82, 2.24) is 43.7 Å². The Hall–Kier alpha value is -3.82. The maximum absolute atomic E-state index is 4.80. The van der Waals surface area contributed by atoms with Gasteiger partial charge in [-0.15, -0.1) is 5.10 Å². The summed E-state index contributed by atoms with van der Waals surface area (Å²) in [5.41, 5.74) is 8.80. The topological polar surface area (TPSA) is 72.3 Å². The van der Waals surface area contributed by atoms with E-state index in [-0.39, 0.29) is 0 Å². The molecule has 0 saturated carbocycles. The van der Waals surface area contributed by atoms with Crippen molar-refractivity contribution in [3.63, 3.8) is 0 Å². The molecule has 0 aliphatic carbocycles. The summed E-state index contributed by atoms with van der Waals surface area (Å²) in [6.45, 7) is 5.96. The number of nitrogens with zero attached hydrogens (tertiary/aromatic N) is 9. The van der Waals surface area contributed by atoms with E-state index in [2.05, 4.69) is 84.1 Å². The van der Waals surface area contributed by atoms with Gasteiger partial charge in [-0.3, -0.25) is 14.8 Å². The lowest BCUT2D eigenvalue weighted by Gasteiger charge is -2.26. The number of pyridine rings is 2. The third-order valence-corrected chi connectivity index (χ3v) is 7.48. The molecule has 9 nitrogen and oxygen atoms in total. The van der Waals surface area contributed by atoms with Gasteiger partial charge < -0.3 is 8.97 Å². The smallest absolute Gasteiger partial charge is 0.137 e. The molecule has 0 amide bonds. The van der Waals surface area contributed by atoms with Crippen molar-refractivity contribution < 1.29 is 0 Å². The molecule has 0 spiro atoms. The molecule has 7 heterocycles. The van der Waals surface area contributed by atoms with Crippen LogP contribution in [0.5, 0.6) is 0 Å². The van der Waals surface area contributed by atoms with Gasteiger partial charge in [-0.05, 0) is 61.8 Å². The van der Waals surface area contributed by atoms with Crippen LogP contribution in [0.15, 0.2) is 61.6 Å². The highest BCUT2D eigenvalue weighted by atomic mass is 15.4. The highest BCUT2D eigenvalue weighted by Gasteiger charge is 2.18. The molecule has 0 atom stereocenters. The van der Waals surface area contributed by atoms with Gasteiger partial charge >= 0.3 is 0 Å². The number of fused-ring (bicyclic) bond motifs is 2. The highest BCUT2D eigenvalue weighted by Crippen LogP contribution is 2.26. The molecule has 0 aromatic carbocycles. The number of likely N-dealkylation sites (tertiary alicyclic amines) is 1. The van der Waals surface area contributed by atoms with Gasteiger partial charge in [0.05, 0.1) is 30.3 Å². The predicted octanol–water partition coefficient (Wildman–Crippen LogP) is 3.76. The number of aromatic nitrogens is 7. The lowest BCUT2D eigenvalue weighted by molar-refractivity contribution is 0.220. The Bertz CT molecular complexity index is 1530. The van der Waals surface area contributed by atoms with Crippen LogP contribution in [0, 0.1) is 0 Å². The first-order valence-electron chi connectivity index (χ1n) is 13.1. The second kappa shape index (κ2) is 9.24. The molecule has 0 bridgehead atoms. The molecule has 0 radical (unpaired) electrons. The molecule has 1 saturated heterocycles. The van der Waals surface area contributed by atoms with E-state index in [1.54, 1.807) is 0 Å². The Kier molecular flexibility index (Phi) is 5.59. The zero-order valence-corrected chi connectivity index (χ0v) is 21.2. The maximum Gasteiger partial charge on any atom is 0.137 e. The highest BCUT2D eigenvalue weighted by molar-refractivity contribution is 5.60. The first kappa shape index (κ1) is 22.4. The van der Waals surface area contributed by atoms with Crippen LogP contribution >= 0.6 is 0 Å². The van der Waals surface area contributed by atoms with E-state index in [4.69, 9.17) is 4.98 Å². The van der Waals surface area contributed by atoms with E-state index in [1.807, 2.05) is 23.3 Å². The summed E-state index contributed by atoms with van der Waals surface area (Å²) in [4.78, 5) is 14.1. The fraction of sp³-hybridized carbons (Fsp3) is 0.357. The number of imidazole rings is 1. The molecule has 5 aromatic rings. The van der Waals surface area contributed by atoms with Crippen molar-refractivity contribution in [2.24, 2.45) is 0 Å². The van der Waals surface area contributed by atoms with Crippen LogP contribution in [0.1, 0.15) is 41.6 Å². The molecule has 2 aliphatic rings. The molecule has 2 aliphatic heterocycles. The lowest BCUT2D eigenvalue weighted by Crippen LogP contribution is -2.29. The number of hydrogen-bond donors (Lipinski definition) is 0. The summed E-state index contributed by atoms with van der Waals surface area (Å²) < 4.78 is 6.14. The third-order valence-electron chi connectivity index (χ3n) is 7.48. The van der Waals surface area contributed by atoms with Crippen molar-refractivity contribution in [1.29, 1.82) is 0 Å². The predicted molar refractivity (Wildman–Crippen MR) is 141 cm³/mol. The van der Waals surface area contributed by atoms with Gasteiger partial charge in [-0.1, -0.05) is 17.7 Å². The van der Waals surface area contributed by atoms with Crippen LogP contribution in [0.25, 0.3) is 22.6 Å². The Morgan fingerprint density at radius 3 is 2.54 bits per heavy atom. The van der Waals surface area contributed by atoms with E-state index < -0.39 is 0 Å². The number of piperidine rings is 1. The molecule has 9 heteroatoms. The second-order valence-electron chi connectivity index (χ2n) is 10.5. The Balaban J connectivity index is 1.07. The summed E-state index contributed by atoms with van der Waals surface area (Å²) in [6.07, 6.45) is 18.4. The minimum Gasteiger partial charge on any atom is -0.322 e. The first-order chi connectivity index (χ1) is 18.2. The van der Waals surface area contributed by atoms with Gasteiger partial charge in [-0.25, -0.2) is 9.67 Å². The van der Waals surface area contributed by atoms with Gasteiger partial charge in [0.25, 0.3) is 0 Å². The van der Waals surface area contributed by atoms with Gasteiger partial charge in [0.2, 0.25) is 0 Å². The average molecular weight is 494 g/mol. The standard InChI is InChI=1S/C28H31N9/c1-33-14-23-16-35(17-24(23)15-33)26-9-22(10-29-11-26)27-20-37(32-31-27)19-25-18-36-13-21(5-6-28(36)30-25)12-34-7-3-2-4-8-34/h5-6,9-11,13,16-18,20H,2-4,7-8,12,14-15,19H2,1H3. The van der Waals surface area contributed by atoms with Crippen LogP contribution in [0.2, 0.25) is 0 Å². The van der Waals surface area contributed by atoms with E-state index in [0.29, 0.717) is 6.54 Å². The molecule has 0 N–H and O–H groups in total. The van der Waals surface area contributed by atoms with Crippen LogP contribution in [-0.2, 0) is 26.2 Å². The summed E-state index contributed by atoms with van der Waals surface area (Å²) >= 11 is 0. The van der Waals surface area contributed by atoms with Crippen molar-refractivity contribution in [2.75, 3.05) is 20.1 Å². The monoisotopic (exact) mass is 493 g/mol. The maximum atomic E-state index is 4.80. The second-order valence-corrected chi connectivity index (χ2v) is 10.5. The molecule has 7 rings (SSSR count). The minimum atomic E-state index is 0.571. The zero-order valence-electron chi connectivity index (χ0n) is 21.2. The Morgan fingerprint density at radius 2 is 1.70 bits per heavy atom.